The molecule has 0 bridgehead atoms. The second kappa shape index (κ2) is 6.12. The Hall–Kier alpha value is -0.820. The highest BCUT2D eigenvalue weighted by Gasteiger charge is 2.24. The van der Waals surface area contributed by atoms with Crippen LogP contribution >= 0.6 is 23.2 Å². The normalized spacial score (nSPS) is 12.3. The molecule has 0 aliphatic rings. The lowest BCUT2D eigenvalue weighted by molar-refractivity contribution is 0.0745. The summed E-state index contributed by atoms with van der Waals surface area (Å²) in [5.41, 5.74) is -0.0990. The van der Waals surface area contributed by atoms with Crippen molar-refractivity contribution in [3.8, 4) is 0 Å². The molecule has 5 nitrogen and oxygen atoms in total. The van der Waals surface area contributed by atoms with Gasteiger partial charge in [0.2, 0.25) is 10.0 Å². The molecule has 1 aromatic carbocycles. The largest absolute Gasteiger partial charge is 0.341 e. The maximum atomic E-state index is 12.4. The van der Waals surface area contributed by atoms with Crippen LogP contribution in [0.4, 0.5) is 0 Å². The first-order valence-corrected chi connectivity index (χ1v) is 8.40. The van der Waals surface area contributed by atoms with Gasteiger partial charge in [0.15, 0.2) is 0 Å². The second-order valence-electron chi connectivity index (χ2n) is 6.03. The third-order valence-electron chi connectivity index (χ3n) is 2.62. The maximum absolute atomic E-state index is 12.4. The van der Waals surface area contributed by atoms with E-state index < -0.39 is 15.9 Å². The Kier molecular flexibility index (Phi) is 5.31. The molecule has 0 radical (unpaired) electrons. The van der Waals surface area contributed by atoms with Crippen molar-refractivity contribution in [2.75, 3.05) is 13.6 Å². The number of halogens is 2. The summed E-state index contributed by atoms with van der Waals surface area (Å²) < 4.78 is 22.8. The van der Waals surface area contributed by atoms with Crippen LogP contribution in [-0.4, -0.2) is 32.8 Å². The van der Waals surface area contributed by atoms with Crippen LogP contribution in [0.1, 0.15) is 31.1 Å². The van der Waals surface area contributed by atoms with Crippen LogP contribution in [0.2, 0.25) is 10.0 Å². The predicted octanol–water partition coefficient (Wildman–Crippen LogP) is 2.76. The van der Waals surface area contributed by atoms with Crippen molar-refractivity contribution in [3.63, 3.8) is 0 Å². The van der Waals surface area contributed by atoms with Crippen molar-refractivity contribution in [1.29, 1.82) is 0 Å². The Morgan fingerprint density at radius 2 is 1.81 bits per heavy atom. The molecule has 8 heteroatoms. The molecule has 0 unspecified atom stereocenters. The maximum Gasteiger partial charge on any atom is 0.255 e. The molecule has 0 spiro atoms. The van der Waals surface area contributed by atoms with Crippen LogP contribution in [0.15, 0.2) is 17.0 Å². The van der Waals surface area contributed by atoms with E-state index in [9.17, 15) is 13.2 Å². The Balaban J connectivity index is 3.30. The molecule has 0 saturated carbocycles. The van der Waals surface area contributed by atoms with Crippen LogP contribution in [0.25, 0.3) is 0 Å². The summed E-state index contributed by atoms with van der Waals surface area (Å²) in [6.07, 6.45) is 0. The van der Waals surface area contributed by atoms with Gasteiger partial charge in [-0.2, -0.15) is 0 Å². The fourth-order valence-electron chi connectivity index (χ4n) is 1.87. The number of hydrogen-bond donors (Lipinski definition) is 1. The Morgan fingerprint density at radius 1 is 1.29 bits per heavy atom. The van der Waals surface area contributed by atoms with Gasteiger partial charge in [0.25, 0.3) is 5.91 Å². The van der Waals surface area contributed by atoms with Crippen LogP contribution in [0.5, 0.6) is 0 Å². The summed E-state index contributed by atoms with van der Waals surface area (Å²) in [7, 11) is -2.36. The number of carbonyl (C=O) groups excluding carboxylic acids is 1. The molecule has 118 valence electrons. The molecule has 2 N–H and O–H groups in total. The molecule has 0 aliphatic carbocycles. The van der Waals surface area contributed by atoms with Crippen molar-refractivity contribution >= 4 is 39.1 Å². The van der Waals surface area contributed by atoms with Gasteiger partial charge >= 0.3 is 0 Å². The van der Waals surface area contributed by atoms with Crippen molar-refractivity contribution < 1.29 is 13.2 Å². The summed E-state index contributed by atoms with van der Waals surface area (Å²) in [5, 5.41) is 5.05. The molecular weight excluding hydrogens is 335 g/mol. The summed E-state index contributed by atoms with van der Waals surface area (Å²) in [5.74, 6) is -0.415. The molecule has 0 aliphatic heterocycles. The van der Waals surface area contributed by atoms with E-state index in [1.807, 2.05) is 20.8 Å². The third-order valence-corrected chi connectivity index (χ3v) is 4.31. The summed E-state index contributed by atoms with van der Waals surface area (Å²) in [4.78, 5) is 13.6. The lowest BCUT2D eigenvalue weighted by Gasteiger charge is -2.27. The Labute approximate surface area is 135 Å². The number of hydrogen-bond acceptors (Lipinski definition) is 3. The topological polar surface area (TPSA) is 80.5 Å². The highest BCUT2D eigenvalue weighted by atomic mass is 35.5. The van der Waals surface area contributed by atoms with Gasteiger partial charge in [0, 0.05) is 13.6 Å². The molecule has 0 heterocycles. The minimum Gasteiger partial charge on any atom is -0.341 e. The van der Waals surface area contributed by atoms with E-state index in [0.29, 0.717) is 6.54 Å². The Morgan fingerprint density at radius 3 is 2.24 bits per heavy atom. The molecule has 1 rings (SSSR count). The van der Waals surface area contributed by atoms with Crippen LogP contribution in [0.3, 0.4) is 0 Å². The van der Waals surface area contributed by atoms with Crippen molar-refractivity contribution in [3.05, 3.63) is 27.7 Å². The molecule has 0 saturated heterocycles. The first-order chi connectivity index (χ1) is 9.33. The van der Waals surface area contributed by atoms with Gasteiger partial charge in [-0.05, 0) is 17.5 Å². The lowest BCUT2D eigenvalue weighted by Crippen LogP contribution is -2.34. The summed E-state index contributed by atoms with van der Waals surface area (Å²) >= 11 is 11.9. The van der Waals surface area contributed by atoms with Gasteiger partial charge in [0.1, 0.15) is 0 Å². The summed E-state index contributed by atoms with van der Waals surface area (Å²) in [6.45, 7) is 6.41. The average molecular weight is 353 g/mol. The monoisotopic (exact) mass is 352 g/mol. The van der Waals surface area contributed by atoms with Crippen molar-refractivity contribution in [2.24, 2.45) is 10.6 Å². The van der Waals surface area contributed by atoms with Gasteiger partial charge < -0.3 is 4.90 Å². The predicted molar refractivity (Wildman–Crippen MR) is 84.3 cm³/mol. The number of amides is 1. The Bertz CT molecular complexity index is 667. The van der Waals surface area contributed by atoms with Crippen molar-refractivity contribution in [1.82, 2.24) is 4.90 Å². The van der Waals surface area contributed by atoms with E-state index >= 15 is 0 Å². The third kappa shape index (κ3) is 4.85. The molecular formula is C13H18Cl2N2O3S. The number of benzene rings is 1. The van der Waals surface area contributed by atoms with Crippen LogP contribution in [-0.2, 0) is 10.0 Å². The van der Waals surface area contributed by atoms with E-state index in [4.69, 9.17) is 28.3 Å². The summed E-state index contributed by atoms with van der Waals surface area (Å²) in [6, 6.07) is 2.27. The molecule has 1 aromatic rings. The molecule has 0 aromatic heterocycles. The zero-order chi connectivity index (χ0) is 16.6. The molecule has 0 atom stereocenters. The quantitative estimate of drug-likeness (QED) is 0.907. The number of nitrogens with zero attached hydrogens (tertiary/aromatic N) is 1. The van der Waals surface area contributed by atoms with Gasteiger partial charge in [0.05, 0.1) is 20.5 Å². The number of sulfonamides is 1. The first kappa shape index (κ1) is 18.2. The average Bonchev–Trinajstić information content (AvgIpc) is 2.27. The van der Waals surface area contributed by atoms with Gasteiger partial charge in [-0.1, -0.05) is 44.0 Å². The van der Waals surface area contributed by atoms with E-state index in [2.05, 4.69) is 0 Å². The molecule has 21 heavy (non-hydrogen) atoms. The zero-order valence-electron chi connectivity index (χ0n) is 12.3. The number of rotatable bonds is 3. The number of primary sulfonamides is 1. The fraction of sp³-hybridized carbons (Fsp3) is 0.462. The van der Waals surface area contributed by atoms with Gasteiger partial charge in [-0.3, -0.25) is 4.79 Å². The van der Waals surface area contributed by atoms with E-state index in [0.717, 1.165) is 12.1 Å². The number of nitrogens with two attached hydrogens (primary N) is 1. The van der Waals surface area contributed by atoms with E-state index in [-0.39, 0.29) is 25.9 Å². The standard InChI is InChI=1S/C13H18Cl2N2O3S/c1-13(2,3)7-17(4)12(18)9-5-8(21(16,19)20)6-10(14)11(9)15/h5-6H,7H2,1-4H3,(H2,16,19,20). The first-order valence-electron chi connectivity index (χ1n) is 6.10. The minimum absolute atomic E-state index is 0.00910. The van der Waals surface area contributed by atoms with Crippen LogP contribution < -0.4 is 5.14 Å². The second-order valence-corrected chi connectivity index (χ2v) is 8.38. The lowest BCUT2D eigenvalue weighted by atomic mass is 9.96. The molecule has 0 fully saturated rings. The molecule has 1 amide bonds. The SMILES string of the molecule is CN(CC(C)(C)C)C(=O)c1cc(S(N)(=O)=O)cc(Cl)c1Cl. The zero-order valence-corrected chi connectivity index (χ0v) is 14.6. The highest BCUT2D eigenvalue weighted by Crippen LogP contribution is 2.30. The van der Waals surface area contributed by atoms with Gasteiger partial charge in [-0.25, -0.2) is 13.6 Å². The van der Waals surface area contributed by atoms with Gasteiger partial charge in [-0.15, -0.1) is 0 Å². The number of carbonyl (C=O) groups is 1. The van der Waals surface area contributed by atoms with E-state index in [1.165, 1.54) is 4.90 Å². The van der Waals surface area contributed by atoms with Crippen molar-refractivity contribution in [2.45, 2.75) is 25.7 Å². The smallest absolute Gasteiger partial charge is 0.255 e. The van der Waals surface area contributed by atoms with Crippen LogP contribution in [0, 0.1) is 5.41 Å². The van der Waals surface area contributed by atoms with E-state index in [1.54, 1.807) is 7.05 Å². The minimum atomic E-state index is -3.97. The highest BCUT2D eigenvalue weighted by molar-refractivity contribution is 7.89. The fourth-order valence-corrected chi connectivity index (χ4v) is 2.91.